The molecule has 2 heterocycles. The zero-order valence-electron chi connectivity index (χ0n) is 15.6. The van der Waals surface area contributed by atoms with E-state index in [9.17, 15) is 24.3 Å². The van der Waals surface area contributed by atoms with Crippen LogP contribution in [0.1, 0.15) is 31.1 Å². The molecule has 0 aromatic heterocycles. The summed E-state index contributed by atoms with van der Waals surface area (Å²) in [6.07, 6.45) is 0. The van der Waals surface area contributed by atoms with Gasteiger partial charge in [0, 0.05) is 10.4 Å². The lowest BCUT2D eigenvalue weighted by Crippen LogP contribution is -2.70. The molecule has 3 amide bonds. The zero-order valence-corrected chi connectivity index (χ0v) is 16.4. The van der Waals surface area contributed by atoms with E-state index in [0.29, 0.717) is 11.3 Å². The molecule has 1 aromatic rings. The van der Waals surface area contributed by atoms with Gasteiger partial charge >= 0.3 is 18.0 Å². The third kappa shape index (κ3) is 3.51. The van der Waals surface area contributed by atoms with E-state index in [-0.39, 0.29) is 6.61 Å². The number of fused-ring (bicyclic) bond motifs is 1. The molecule has 28 heavy (non-hydrogen) atoms. The molecule has 0 spiro atoms. The number of hydrogen-bond donors (Lipinski definition) is 3. The minimum Gasteiger partial charge on any atom is -0.480 e. The van der Waals surface area contributed by atoms with E-state index in [1.54, 1.807) is 32.9 Å². The number of β-lactam (4-membered cyclic amide) rings is 1. The van der Waals surface area contributed by atoms with Gasteiger partial charge in [0.1, 0.15) is 17.5 Å². The number of rotatable bonds is 5. The molecule has 1 aromatic carbocycles. The van der Waals surface area contributed by atoms with Crippen molar-refractivity contribution < 1.29 is 29.0 Å². The number of esters is 1. The fraction of sp³-hybridized carbons (Fsp3) is 0.444. The lowest BCUT2D eigenvalue weighted by Gasteiger charge is -2.43. The number of urea groups is 1. The highest BCUT2D eigenvalue weighted by atomic mass is 32.2. The van der Waals surface area contributed by atoms with Crippen LogP contribution >= 0.6 is 11.8 Å². The van der Waals surface area contributed by atoms with Gasteiger partial charge in [0.25, 0.3) is 0 Å². The lowest BCUT2D eigenvalue weighted by atomic mass is 9.96. The molecule has 2 aliphatic heterocycles. The number of carboxylic acid groups (broad SMARTS) is 1. The fourth-order valence-electron chi connectivity index (χ4n) is 3.36. The van der Waals surface area contributed by atoms with Crippen LogP contribution in [0.15, 0.2) is 24.3 Å². The molecule has 150 valence electrons. The molecule has 2 fully saturated rings. The van der Waals surface area contributed by atoms with Crippen LogP contribution in [0.3, 0.4) is 0 Å². The summed E-state index contributed by atoms with van der Waals surface area (Å²) in [5.41, 5.74) is 0.805. The SMILES string of the molecule is CCOC(=O)c1ccc(NC(=O)NC2C(=O)N3C2SC(C)(C)[C@@H]3C(=O)O)cc1. The summed E-state index contributed by atoms with van der Waals surface area (Å²) in [7, 11) is 0. The Morgan fingerprint density at radius 2 is 1.89 bits per heavy atom. The Bertz CT molecular complexity index is 825. The van der Waals surface area contributed by atoms with E-state index >= 15 is 0 Å². The molecule has 3 N–H and O–H groups in total. The first-order valence-corrected chi connectivity index (χ1v) is 9.61. The van der Waals surface area contributed by atoms with E-state index in [1.807, 2.05) is 0 Å². The molecular formula is C18H21N3O6S. The minimum atomic E-state index is -1.06. The summed E-state index contributed by atoms with van der Waals surface area (Å²) in [5, 5.41) is 14.2. The Morgan fingerprint density at radius 3 is 2.46 bits per heavy atom. The molecule has 3 atom stereocenters. The summed E-state index contributed by atoms with van der Waals surface area (Å²) in [6.45, 7) is 5.52. The van der Waals surface area contributed by atoms with Crippen molar-refractivity contribution in [1.82, 2.24) is 10.2 Å². The van der Waals surface area contributed by atoms with Gasteiger partial charge < -0.3 is 25.4 Å². The van der Waals surface area contributed by atoms with Crippen LogP contribution in [0.4, 0.5) is 10.5 Å². The van der Waals surface area contributed by atoms with Gasteiger partial charge in [0.2, 0.25) is 5.91 Å². The van der Waals surface area contributed by atoms with Crippen molar-refractivity contribution in [3.63, 3.8) is 0 Å². The van der Waals surface area contributed by atoms with Crippen molar-refractivity contribution in [1.29, 1.82) is 0 Å². The van der Waals surface area contributed by atoms with E-state index in [4.69, 9.17) is 4.74 Å². The third-order valence-electron chi connectivity index (χ3n) is 4.62. The number of anilines is 1. The number of amides is 3. The Morgan fingerprint density at radius 1 is 1.25 bits per heavy atom. The molecule has 0 saturated carbocycles. The van der Waals surface area contributed by atoms with Crippen LogP contribution in [0, 0.1) is 0 Å². The average molecular weight is 407 g/mol. The van der Waals surface area contributed by atoms with Gasteiger partial charge in [-0.2, -0.15) is 0 Å². The molecule has 2 aliphatic rings. The average Bonchev–Trinajstić information content (AvgIpc) is 2.88. The number of benzene rings is 1. The number of ether oxygens (including phenoxy) is 1. The third-order valence-corrected chi connectivity index (χ3v) is 6.19. The fourth-order valence-corrected chi connectivity index (χ4v) is 4.98. The predicted molar refractivity (Wildman–Crippen MR) is 102 cm³/mol. The standard InChI is InChI=1S/C18H21N3O6S/c1-4-27-16(25)9-5-7-10(8-6-9)19-17(26)20-11-13(22)21-12(15(23)24)18(2,3)28-14(11)21/h5-8,11-12,14H,4H2,1-3H3,(H,23,24)(H2,19,20,26)/t11?,12-,14?/m0/s1. The minimum absolute atomic E-state index is 0.270. The highest BCUT2D eigenvalue weighted by molar-refractivity contribution is 8.01. The van der Waals surface area contributed by atoms with Gasteiger partial charge in [0.15, 0.2) is 0 Å². The van der Waals surface area contributed by atoms with Gasteiger partial charge in [-0.1, -0.05) is 0 Å². The molecule has 2 unspecified atom stereocenters. The second kappa shape index (κ2) is 7.34. The predicted octanol–water partition coefficient (Wildman–Crippen LogP) is 1.50. The smallest absolute Gasteiger partial charge is 0.338 e. The number of carbonyl (C=O) groups excluding carboxylic acids is 3. The maximum absolute atomic E-state index is 12.4. The molecule has 2 saturated heterocycles. The van der Waals surface area contributed by atoms with Crippen LogP contribution in [-0.4, -0.2) is 62.7 Å². The van der Waals surface area contributed by atoms with E-state index in [2.05, 4.69) is 10.6 Å². The lowest BCUT2D eigenvalue weighted by molar-refractivity contribution is -0.159. The molecule has 0 aliphatic carbocycles. The molecule has 3 rings (SSSR count). The monoisotopic (exact) mass is 407 g/mol. The Labute approximate surface area is 165 Å². The van der Waals surface area contributed by atoms with Gasteiger partial charge in [0.05, 0.1) is 12.2 Å². The summed E-state index contributed by atoms with van der Waals surface area (Å²) < 4.78 is 4.24. The summed E-state index contributed by atoms with van der Waals surface area (Å²) in [4.78, 5) is 49.0. The summed E-state index contributed by atoms with van der Waals surface area (Å²) >= 11 is 1.35. The Kier molecular flexibility index (Phi) is 5.24. The second-order valence-electron chi connectivity index (χ2n) is 6.97. The van der Waals surface area contributed by atoms with Crippen LogP contribution in [0.25, 0.3) is 0 Å². The highest BCUT2D eigenvalue weighted by Crippen LogP contribution is 2.50. The molecule has 9 nitrogen and oxygen atoms in total. The van der Waals surface area contributed by atoms with Crippen molar-refractivity contribution in [2.45, 2.75) is 43.0 Å². The van der Waals surface area contributed by atoms with Gasteiger partial charge in [-0.25, -0.2) is 14.4 Å². The van der Waals surface area contributed by atoms with Crippen molar-refractivity contribution in [2.75, 3.05) is 11.9 Å². The quantitative estimate of drug-likeness (QED) is 0.499. The topological polar surface area (TPSA) is 125 Å². The molecule has 0 radical (unpaired) electrons. The maximum atomic E-state index is 12.4. The van der Waals surface area contributed by atoms with Gasteiger partial charge in [-0.05, 0) is 45.0 Å². The first-order valence-electron chi connectivity index (χ1n) is 8.73. The first kappa shape index (κ1) is 20.0. The Hall–Kier alpha value is -2.75. The van der Waals surface area contributed by atoms with Gasteiger partial charge in [-0.15, -0.1) is 11.8 Å². The van der Waals surface area contributed by atoms with Gasteiger partial charge in [-0.3, -0.25) is 4.79 Å². The molecular weight excluding hydrogens is 386 g/mol. The summed E-state index contributed by atoms with van der Waals surface area (Å²) in [5.74, 6) is -1.92. The van der Waals surface area contributed by atoms with Crippen molar-refractivity contribution >= 4 is 41.3 Å². The number of aliphatic carboxylic acids is 1. The Balaban J connectivity index is 1.60. The van der Waals surface area contributed by atoms with Crippen molar-refractivity contribution in [2.24, 2.45) is 0 Å². The van der Waals surface area contributed by atoms with Crippen LogP contribution in [0.5, 0.6) is 0 Å². The van der Waals surface area contributed by atoms with E-state index < -0.39 is 46.1 Å². The van der Waals surface area contributed by atoms with Crippen molar-refractivity contribution in [3.05, 3.63) is 29.8 Å². The van der Waals surface area contributed by atoms with E-state index in [1.165, 1.54) is 28.8 Å². The molecule has 0 bridgehead atoms. The van der Waals surface area contributed by atoms with Crippen LogP contribution in [0.2, 0.25) is 0 Å². The zero-order chi connectivity index (χ0) is 20.6. The van der Waals surface area contributed by atoms with Crippen LogP contribution < -0.4 is 10.6 Å². The number of carboxylic acids is 1. The number of nitrogens with one attached hydrogen (secondary N) is 2. The first-order chi connectivity index (χ1) is 13.2. The van der Waals surface area contributed by atoms with Crippen molar-refractivity contribution in [3.8, 4) is 0 Å². The largest absolute Gasteiger partial charge is 0.480 e. The number of nitrogens with zero attached hydrogens (tertiary/aromatic N) is 1. The summed E-state index contributed by atoms with van der Waals surface area (Å²) in [6, 6.07) is 3.86. The molecule has 10 heteroatoms. The highest BCUT2D eigenvalue weighted by Gasteiger charge is 2.64. The number of carbonyl (C=O) groups is 4. The second-order valence-corrected chi connectivity index (χ2v) is 8.74. The normalized spacial score (nSPS) is 24.8. The van der Waals surface area contributed by atoms with E-state index in [0.717, 1.165) is 0 Å². The number of thioether (sulfide) groups is 1. The number of hydrogen-bond acceptors (Lipinski definition) is 6. The maximum Gasteiger partial charge on any atom is 0.338 e. The van der Waals surface area contributed by atoms with Crippen LogP contribution in [-0.2, 0) is 14.3 Å².